The van der Waals surface area contributed by atoms with Gasteiger partial charge in [-0.05, 0) is 39.8 Å². The molecule has 0 spiro atoms. The lowest BCUT2D eigenvalue weighted by Gasteiger charge is -2.14. The highest BCUT2D eigenvalue weighted by Crippen LogP contribution is 2.31. The highest BCUT2D eigenvalue weighted by molar-refractivity contribution is 5.45. The summed E-state index contributed by atoms with van der Waals surface area (Å²) >= 11 is 0. The van der Waals surface area contributed by atoms with E-state index in [2.05, 4.69) is 0 Å². The molecule has 0 aliphatic heterocycles. The normalized spacial score (nSPS) is 10.3. The van der Waals surface area contributed by atoms with Gasteiger partial charge in [0.15, 0.2) is 11.5 Å². The Kier molecular flexibility index (Phi) is 4.96. The highest BCUT2D eigenvalue weighted by Gasteiger charge is 2.07. The number of benzene rings is 1. The van der Waals surface area contributed by atoms with Crippen LogP contribution in [0.15, 0.2) is 18.2 Å². The summed E-state index contributed by atoms with van der Waals surface area (Å²) in [5.74, 6) is 2.31. The van der Waals surface area contributed by atoms with Crippen LogP contribution in [0.4, 0.5) is 0 Å². The standard InChI is InChI=1S/C13H20O3/c1-5-14-12-8-7-11(16-10(3)4)9-13(12)15-6-2/h7-10H,5-6H2,1-4H3. The van der Waals surface area contributed by atoms with Crippen molar-refractivity contribution in [1.82, 2.24) is 0 Å². The van der Waals surface area contributed by atoms with Crippen LogP contribution in [-0.4, -0.2) is 19.3 Å². The topological polar surface area (TPSA) is 27.7 Å². The summed E-state index contributed by atoms with van der Waals surface area (Å²) in [6.07, 6.45) is 0.160. The molecule has 0 radical (unpaired) electrons. The smallest absolute Gasteiger partial charge is 0.164 e. The Bertz CT molecular complexity index is 321. The molecule has 0 saturated carbocycles. The quantitative estimate of drug-likeness (QED) is 0.742. The molecule has 90 valence electrons. The SMILES string of the molecule is CCOc1ccc(OC(C)C)cc1OCC. The molecule has 1 rings (SSSR count). The first-order chi connectivity index (χ1) is 7.67. The largest absolute Gasteiger partial charge is 0.491 e. The molecule has 1 aromatic carbocycles. The van der Waals surface area contributed by atoms with E-state index in [0.717, 1.165) is 17.2 Å². The lowest BCUT2D eigenvalue weighted by atomic mass is 10.3. The molecular formula is C13H20O3. The van der Waals surface area contributed by atoms with Gasteiger partial charge in [0, 0.05) is 6.07 Å². The van der Waals surface area contributed by atoms with Gasteiger partial charge < -0.3 is 14.2 Å². The van der Waals surface area contributed by atoms with E-state index in [1.54, 1.807) is 0 Å². The van der Waals surface area contributed by atoms with Crippen molar-refractivity contribution in [3.8, 4) is 17.2 Å². The third kappa shape index (κ3) is 3.65. The van der Waals surface area contributed by atoms with Crippen molar-refractivity contribution < 1.29 is 14.2 Å². The van der Waals surface area contributed by atoms with Crippen LogP contribution in [0.25, 0.3) is 0 Å². The first-order valence-corrected chi connectivity index (χ1v) is 5.73. The predicted molar refractivity (Wildman–Crippen MR) is 64.5 cm³/mol. The molecule has 0 atom stereocenters. The number of rotatable bonds is 6. The molecule has 0 aliphatic rings. The number of ether oxygens (including phenoxy) is 3. The average molecular weight is 224 g/mol. The maximum absolute atomic E-state index is 5.60. The average Bonchev–Trinajstić information content (AvgIpc) is 2.21. The van der Waals surface area contributed by atoms with E-state index >= 15 is 0 Å². The number of hydrogen-bond donors (Lipinski definition) is 0. The third-order valence-corrected chi connectivity index (χ3v) is 1.89. The molecule has 0 saturated heterocycles. The second kappa shape index (κ2) is 6.26. The Morgan fingerprint density at radius 1 is 1.00 bits per heavy atom. The van der Waals surface area contributed by atoms with Crippen molar-refractivity contribution in [1.29, 1.82) is 0 Å². The van der Waals surface area contributed by atoms with Crippen LogP contribution in [0, 0.1) is 0 Å². The lowest BCUT2D eigenvalue weighted by molar-refractivity contribution is 0.238. The van der Waals surface area contributed by atoms with Gasteiger partial charge in [-0.1, -0.05) is 0 Å². The fraction of sp³-hybridized carbons (Fsp3) is 0.538. The van der Waals surface area contributed by atoms with Crippen LogP contribution in [0.3, 0.4) is 0 Å². The Labute approximate surface area is 97.3 Å². The summed E-state index contributed by atoms with van der Waals surface area (Å²) in [5.41, 5.74) is 0. The summed E-state index contributed by atoms with van der Waals surface area (Å²) in [6, 6.07) is 5.65. The molecular weight excluding hydrogens is 204 g/mol. The minimum atomic E-state index is 0.160. The van der Waals surface area contributed by atoms with Crippen LogP contribution in [0.1, 0.15) is 27.7 Å². The Balaban J connectivity index is 2.87. The first-order valence-electron chi connectivity index (χ1n) is 5.73. The van der Waals surface area contributed by atoms with E-state index in [1.807, 2.05) is 45.9 Å². The Morgan fingerprint density at radius 3 is 2.19 bits per heavy atom. The van der Waals surface area contributed by atoms with Crippen molar-refractivity contribution in [3.63, 3.8) is 0 Å². The van der Waals surface area contributed by atoms with E-state index in [-0.39, 0.29) is 6.10 Å². The lowest BCUT2D eigenvalue weighted by Crippen LogP contribution is -2.06. The molecule has 1 aromatic rings. The molecule has 0 unspecified atom stereocenters. The van der Waals surface area contributed by atoms with Crippen LogP contribution in [-0.2, 0) is 0 Å². The maximum Gasteiger partial charge on any atom is 0.164 e. The molecule has 3 heteroatoms. The number of hydrogen-bond acceptors (Lipinski definition) is 3. The first kappa shape index (κ1) is 12.7. The zero-order valence-electron chi connectivity index (χ0n) is 10.4. The van der Waals surface area contributed by atoms with Crippen LogP contribution >= 0.6 is 0 Å². The Morgan fingerprint density at radius 2 is 1.62 bits per heavy atom. The highest BCUT2D eigenvalue weighted by atomic mass is 16.5. The van der Waals surface area contributed by atoms with E-state index in [4.69, 9.17) is 14.2 Å². The molecule has 0 N–H and O–H groups in total. The second-order valence-electron chi connectivity index (χ2n) is 3.64. The van der Waals surface area contributed by atoms with Gasteiger partial charge in [-0.3, -0.25) is 0 Å². The second-order valence-corrected chi connectivity index (χ2v) is 3.64. The van der Waals surface area contributed by atoms with Crippen molar-refractivity contribution in [2.24, 2.45) is 0 Å². The van der Waals surface area contributed by atoms with Crippen LogP contribution < -0.4 is 14.2 Å². The van der Waals surface area contributed by atoms with Crippen molar-refractivity contribution in [3.05, 3.63) is 18.2 Å². The fourth-order valence-corrected chi connectivity index (χ4v) is 1.38. The summed E-state index contributed by atoms with van der Waals surface area (Å²) < 4.78 is 16.6. The van der Waals surface area contributed by atoms with Crippen molar-refractivity contribution in [2.45, 2.75) is 33.8 Å². The Hall–Kier alpha value is -1.38. The molecule has 0 fully saturated rings. The summed E-state index contributed by atoms with van der Waals surface area (Å²) in [5, 5.41) is 0. The molecule has 3 nitrogen and oxygen atoms in total. The van der Waals surface area contributed by atoms with Gasteiger partial charge in [-0.15, -0.1) is 0 Å². The van der Waals surface area contributed by atoms with Gasteiger partial charge in [-0.25, -0.2) is 0 Å². The molecule has 0 amide bonds. The predicted octanol–water partition coefficient (Wildman–Crippen LogP) is 3.27. The maximum atomic E-state index is 5.60. The third-order valence-electron chi connectivity index (χ3n) is 1.89. The molecule has 0 aromatic heterocycles. The summed E-state index contributed by atoms with van der Waals surface area (Å²) in [7, 11) is 0. The van der Waals surface area contributed by atoms with E-state index in [1.165, 1.54) is 0 Å². The molecule has 0 aliphatic carbocycles. The molecule has 16 heavy (non-hydrogen) atoms. The minimum absolute atomic E-state index is 0.160. The minimum Gasteiger partial charge on any atom is -0.491 e. The zero-order chi connectivity index (χ0) is 12.0. The summed E-state index contributed by atoms with van der Waals surface area (Å²) in [4.78, 5) is 0. The summed E-state index contributed by atoms with van der Waals surface area (Å²) in [6.45, 7) is 9.14. The van der Waals surface area contributed by atoms with E-state index in [0.29, 0.717) is 13.2 Å². The zero-order valence-corrected chi connectivity index (χ0v) is 10.4. The van der Waals surface area contributed by atoms with Crippen molar-refractivity contribution in [2.75, 3.05) is 13.2 Å². The fourth-order valence-electron chi connectivity index (χ4n) is 1.38. The van der Waals surface area contributed by atoms with Gasteiger partial charge in [0.1, 0.15) is 5.75 Å². The van der Waals surface area contributed by atoms with Gasteiger partial charge >= 0.3 is 0 Å². The van der Waals surface area contributed by atoms with Gasteiger partial charge in [0.25, 0.3) is 0 Å². The van der Waals surface area contributed by atoms with Gasteiger partial charge in [0.2, 0.25) is 0 Å². The van der Waals surface area contributed by atoms with E-state index in [9.17, 15) is 0 Å². The van der Waals surface area contributed by atoms with Crippen LogP contribution in [0.2, 0.25) is 0 Å². The van der Waals surface area contributed by atoms with Crippen molar-refractivity contribution >= 4 is 0 Å². The molecule has 0 heterocycles. The van der Waals surface area contributed by atoms with Gasteiger partial charge in [0.05, 0.1) is 19.3 Å². The monoisotopic (exact) mass is 224 g/mol. The molecule has 0 bridgehead atoms. The van der Waals surface area contributed by atoms with Gasteiger partial charge in [-0.2, -0.15) is 0 Å². The van der Waals surface area contributed by atoms with E-state index < -0.39 is 0 Å². The van der Waals surface area contributed by atoms with Crippen LogP contribution in [0.5, 0.6) is 17.2 Å².